The number of aliphatic carboxylic acids is 1. The van der Waals surface area contributed by atoms with Crippen LogP contribution in [0.15, 0.2) is 60.7 Å². The van der Waals surface area contributed by atoms with Gasteiger partial charge in [-0.05, 0) is 55.0 Å². The summed E-state index contributed by atoms with van der Waals surface area (Å²) in [5.41, 5.74) is 4.44. The number of allylic oxidation sites excluding steroid dienone is 1. The topological polar surface area (TPSA) is 69.6 Å². The highest BCUT2D eigenvalue weighted by molar-refractivity contribution is 5.82. The number of carboxylic acid groups (broad SMARTS) is 1. The van der Waals surface area contributed by atoms with E-state index in [9.17, 15) is 18.0 Å². The van der Waals surface area contributed by atoms with Gasteiger partial charge in [0, 0.05) is 24.4 Å². The average Bonchev–Trinajstić information content (AvgIpc) is 3.58. The van der Waals surface area contributed by atoms with Crippen molar-refractivity contribution in [3.8, 4) is 0 Å². The number of alkyl halides is 3. The number of benzene rings is 2. The van der Waals surface area contributed by atoms with E-state index in [1.54, 1.807) is 0 Å². The summed E-state index contributed by atoms with van der Waals surface area (Å²) in [6, 6.07) is 19.2. The van der Waals surface area contributed by atoms with Crippen LogP contribution in [-0.4, -0.2) is 54.2 Å². The number of carbonyl (C=O) groups excluding carboxylic acids is 1. The Morgan fingerprint density at radius 2 is 1.66 bits per heavy atom. The van der Waals surface area contributed by atoms with Crippen LogP contribution in [0.2, 0.25) is 0 Å². The summed E-state index contributed by atoms with van der Waals surface area (Å²) in [5.74, 6) is -1.93. The molecule has 1 saturated heterocycles. The van der Waals surface area contributed by atoms with E-state index in [-0.39, 0.29) is 17.2 Å². The molecule has 2 fully saturated rings. The molecule has 35 heavy (non-hydrogen) atoms. The summed E-state index contributed by atoms with van der Waals surface area (Å²) in [7, 11) is 0. The van der Waals surface area contributed by atoms with Crippen LogP contribution in [0.5, 0.6) is 0 Å². The molecule has 5 rings (SSSR count). The van der Waals surface area contributed by atoms with Crippen LogP contribution in [0.3, 0.4) is 0 Å². The van der Waals surface area contributed by atoms with Gasteiger partial charge in [0.15, 0.2) is 0 Å². The number of nitrogens with one attached hydrogen (secondary N) is 1. The van der Waals surface area contributed by atoms with E-state index >= 15 is 0 Å². The monoisotopic (exact) mass is 486 g/mol. The Morgan fingerprint density at radius 1 is 1.03 bits per heavy atom. The van der Waals surface area contributed by atoms with Gasteiger partial charge in [0.2, 0.25) is 5.91 Å². The standard InChI is InChI=1S/C25H28N2O.C2HF3O2/c28-24(22-18-21(22)19-6-2-1-3-7-19)26-14-17-27-15-12-25(13-16-27)11-10-20-8-4-5-9-23(20)25;3-2(4,5)1(6)7/h1-11,21-22H,12-18H2,(H,26,28);(H,6,7)/t21-,22+;/m1./s1. The van der Waals surface area contributed by atoms with E-state index < -0.39 is 12.1 Å². The highest BCUT2D eigenvalue weighted by Gasteiger charge is 2.43. The summed E-state index contributed by atoms with van der Waals surface area (Å²) in [4.78, 5) is 23.8. The van der Waals surface area contributed by atoms with Gasteiger partial charge in [-0.3, -0.25) is 4.79 Å². The molecule has 0 bridgehead atoms. The molecule has 1 spiro atoms. The minimum Gasteiger partial charge on any atom is -0.475 e. The molecule has 8 heteroatoms. The molecule has 186 valence electrons. The summed E-state index contributed by atoms with van der Waals surface area (Å²) in [5, 5.41) is 10.3. The number of carbonyl (C=O) groups is 2. The van der Waals surface area contributed by atoms with Gasteiger partial charge in [-0.1, -0.05) is 66.7 Å². The van der Waals surface area contributed by atoms with Crippen molar-refractivity contribution in [2.24, 2.45) is 5.92 Å². The average molecular weight is 487 g/mol. The van der Waals surface area contributed by atoms with Crippen LogP contribution in [-0.2, 0) is 15.0 Å². The fraction of sp³-hybridized carbons (Fsp3) is 0.407. The lowest BCUT2D eigenvalue weighted by atomic mass is 9.74. The van der Waals surface area contributed by atoms with E-state index in [0.29, 0.717) is 5.92 Å². The maximum absolute atomic E-state index is 12.4. The van der Waals surface area contributed by atoms with Gasteiger partial charge in [0.25, 0.3) is 0 Å². The number of rotatable bonds is 5. The number of likely N-dealkylation sites (tertiary alicyclic amines) is 1. The maximum atomic E-state index is 12.4. The molecule has 1 aliphatic heterocycles. The second-order valence-corrected chi connectivity index (χ2v) is 9.37. The molecule has 2 aliphatic carbocycles. The van der Waals surface area contributed by atoms with Crippen LogP contribution in [0.25, 0.3) is 6.08 Å². The molecule has 1 amide bonds. The molecule has 1 saturated carbocycles. The van der Waals surface area contributed by atoms with Crippen molar-refractivity contribution in [3.05, 3.63) is 77.4 Å². The zero-order valence-corrected chi connectivity index (χ0v) is 19.3. The van der Waals surface area contributed by atoms with Gasteiger partial charge in [-0.25, -0.2) is 4.79 Å². The fourth-order valence-corrected chi connectivity index (χ4v) is 5.07. The van der Waals surface area contributed by atoms with Gasteiger partial charge in [-0.2, -0.15) is 13.2 Å². The van der Waals surface area contributed by atoms with Crippen molar-refractivity contribution >= 4 is 18.0 Å². The Bertz CT molecular complexity index is 1080. The Kier molecular flexibility index (Phi) is 7.31. The zero-order chi connectivity index (χ0) is 25.1. The van der Waals surface area contributed by atoms with Crippen molar-refractivity contribution in [1.82, 2.24) is 10.2 Å². The molecule has 3 aliphatic rings. The molecular formula is C27H29F3N2O3. The third-order valence-corrected chi connectivity index (χ3v) is 7.15. The van der Waals surface area contributed by atoms with E-state index in [1.165, 1.54) is 29.5 Å². The minimum atomic E-state index is -5.08. The first-order valence-corrected chi connectivity index (χ1v) is 11.8. The molecule has 0 unspecified atom stereocenters. The van der Waals surface area contributed by atoms with Crippen LogP contribution in [0.4, 0.5) is 13.2 Å². The molecule has 1 heterocycles. The number of hydrogen-bond donors (Lipinski definition) is 2. The van der Waals surface area contributed by atoms with Gasteiger partial charge in [0.1, 0.15) is 0 Å². The molecule has 2 atom stereocenters. The maximum Gasteiger partial charge on any atom is 0.490 e. The zero-order valence-electron chi connectivity index (χ0n) is 19.3. The number of carboxylic acids is 1. The number of fused-ring (bicyclic) bond motifs is 2. The predicted octanol–water partition coefficient (Wildman–Crippen LogP) is 4.60. The van der Waals surface area contributed by atoms with Crippen LogP contribution in [0, 0.1) is 5.92 Å². The number of hydrogen-bond acceptors (Lipinski definition) is 3. The van der Waals surface area contributed by atoms with Crippen LogP contribution >= 0.6 is 0 Å². The van der Waals surface area contributed by atoms with Crippen LogP contribution in [0.1, 0.15) is 41.9 Å². The highest BCUT2D eigenvalue weighted by atomic mass is 19.4. The van der Waals surface area contributed by atoms with Gasteiger partial charge in [-0.15, -0.1) is 0 Å². The van der Waals surface area contributed by atoms with Crippen molar-refractivity contribution in [3.63, 3.8) is 0 Å². The largest absolute Gasteiger partial charge is 0.490 e. The number of nitrogens with zero attached hydrogens (tertiary/aromatic N) is 1. The van der Waals surface area contributed by atoms with E-state index in [2.05, 4.69) is 70.9 Å². The molecule has 2 aromatic rings. The lowest BCUT2D eigenvalue weighted by Gasteiger charge is -2.39. The summed E-state index contributed by atoms with van der Waals surface area (Å²) in [6.45, 7) is 3.92. The Morgan fingerprint density at radius 3 is 2.31 bits per heavy atom. The summed E-state index contributed by atoms with van der Waals surface area (Å²) in [6.07, 6.45) is 2.98. The van der Waals surface area contributed by atoms with Gasteiger partial charge in [0.05, 0.1) is 0 Å². The smallest absolute Gasteiger partial charge is 0.475 e. The quantitative estimate of drug-likeness (QED) is 0.648. The third-order valence-electron chi connectivity index (χ3n) is 7.15. The molecule has 2 N–H and O–H groups in total. The van der Waals surface area contributed by atoms with Crippen LogP contribution < -0.4 is 5.32 Å². The number of halogens is 3. The minimum absolute atomic E-state index is 0.173. The summed E-state index contributed by atoms with van der Waals surface area (Å²) >= 11 is 0. The Balaban J connectivity index is 0.000000364. The molecule has 2 aromatic carbocycles. The first-order valence-electron chi connectivity index (χ1n) is 11.8. The highest BCUT2D eigenvalue weighted by Crippen LogP contribution is 2.47. The first kappa shape index (κ1) is 25.0. The van der Waals surface area contributed by atoms with Crippen molar-refractivity contribution in [2.75, 3.05) is 26.2 Å². The Labute approximate surface area is 202 Å². The fourth-order valence-electron chi connectivity index (χ4n) is 5.07. The second kappa shape index (κ2) is 10.2. The normalized spacial score (nSPS) is 22.1. The van der Waals surface area contributed by atoms with Gasteiger partial charge >= 0.3 is 12.1 Å². The lowest BCUT2D eigenvalue weighted by Crippen LogP contribution is -2.44. The Hall–Kier alpha value is -3.13. The molecular weight excluding hydrogens is 457 g/mol. The van der Waals surface area contributed by atoms with E-state index in [0.717, 1.165) is 32.6 Å². The lowest BCUT2D eigenvalue weighted by molar-refractivity contribution is -0.192. The summed E-state index contributed by atoms with van der Waals surface area (Å²) < 4.78 is 31.7. The molecule has 0 aromatic heterocycles. The third kappa shape index (κ3) is 5.93. The predicted molar refractivity (Wildman–Crippen MR) is 127 cm³/mol. The van der Waals surface area contributed by atoms with Crippen molar-refractivity contribution < 1.29 is 27.9 Å². The molecule has 5 nitrogen and oxygen atoms in total. The number of amides is 1. The van der Waals surface area contributed by atoms with Gasteiger partial charge < -0.3 is 15.3 Å². The SMILES string of the molecule is O=C(NCCN1CCC2(C=Cc3ccccc32)CC1)[C@H]1C[C@@H]1c1ccccc1.O=C(O)C(F)(F)F. The van der Waals surface area contributed by atoms with E-state index in [1.807, 2.05) is 6.07 Å². The van der Waals surface area contributed by atoms with Crippen molar-refractivity contribution in [2.45, 2.75) is 36.8 Å². The first-order chi connectivity index (χ1) is 16.7. The second-order valence-electron chi connectivity index (χ2n) is 9.37. The van der Waals surface area contributed by atoms with Crippen molar-refractivity contribution in [1.29, 1.82) is 0 Å². The number of piperidine rings is 1. The molecule has 0 radical (unpaired) electrons. The van der Waals surface area contributed by atoms with E-state index in [4.69, 9.17) is 9.90 Å².